The van der Waals surface area contributed by atoms with Gasteiger partial charge in [-0.15, -0.1) is 0 Å². The van der Waals surface area contributed by atoms with E-state index in [4.69, 9.17) is 16.3 Å². The minimum Gasteiger partial charge on any atom is -0.448 e. The van der Waals surface area contributed by atoms with Crippen LogP contribution in [0.2, 0.25) is 5.15 Å². The maximum Gasteiger partial charge on any atom is 0.410 e. The molecular weight excluding hydrogens is 334 g/mol. The van der Waals surface area contributed by atoms with Crippen LogP contribution in [0.1, 0.15) is 6.92 Å². The Labute approximate surface area is 143 Å². The Morgan fingerprint density at radius 1 is 1.50 bits per heavy atom. The molecule has 8 nitrogen and oxygen atoms in total. The van der Waals surface area contributed by atoms with Crippen molar-refractivity contribution in [2.45, 2.75) is 6.92 Å². The fraction of sp³-hybridized carbons (Fsp3) is 0.333. The van der Waals surface area contributed by atoms with Crippen molar-refractivity contribution in [3.63, 3.8) is 0 Å². The zero-order valence-corrected chi connectivity index (χ0v) is 13.8. The number of hydrogen-bond acceptors (Lipinski definition) is 5. The van der Waals surface area contributed by atoms with Gasteiger partial charge in [0.25, 0.3) is 0 Å². The second-order valence-corrected chi connectivity index (χ2v) is 5.49. The molecule has 126 valence electrons. The summed E-state index contributed by atoms with van der Waals surface area (Å²) >= 11 is 6.21. The molecular formula is C15H16ClN5O3. The summed E-state index contributed by atoms with van der Waals surface area (Å²) < 4.78 is 6.40. The number of hydrogen-bond donors (Lipinski definition) is 0. The normalized spacial score (nSPS) is 13.9. The molecule has 24 heavy (non-hydrogen) atoms. The summed E-state index contributed by atoms with van der Waals surface area (Å²) in [5, 5.41) is 4.43. The van der Waals surface area contributed by atoms with Crippen molar-refractivity contribution < 1.29 is 14.3 Å². The predicted molar refractivity (Wildman–Crippen MR) is 87.3 cm³/mol. The highest BCUT2D eigenvalue weighted by Gasteiger charge is 2.28. The smallest absolute Gasteiger partial charge is 0.410 e. The molecule has 0 radical (unpaired) electrons. The summed E-state index contributed by atoms with van der Waals surface area (Å²) in [6.07, 6.45) is 4.50. The molecule has 1 aliphatic rings. The minimum atomic E-state index is -0.475. The number of aromatic nitrogens is 3. The maximum atomic E-state index is 12.5. The van der Waals surface area contributed by atoms with Crippen LogP contribution in [0.5, 0.6) is 0 Å². The van der Waals surface area contributed by atoms with E-state index >= 15 is 0 Å². The molecule has 3 rings (SSSR count). The van der Waals surface area contributed by atoms with Crippen molar-refractivity contribution in [1.29, 1.82) is 0 Å². The number of carbonyl (C=O) groups is 2. The first-order chi connectivity index (χ1) is 11.6. The average molecular weight is 350 g/mol. The van der Waals surface area contributed by atoms with Crippen molar-refractivity contribution in [2.75, 3.05) is 31.1 Å². The van der Waals surface area contributed by atoms with Crippen LogP contribution in [0.25, 0.3) is 5.69 Å². The SMILES string of the molecule is CCN(C(=O)CN1CCOC1=O)c1cn(-c2cccnc2)nc1Cl. The molecule has 1 aliphatic heterocycles. The van der Waals surface area contributed by atoms with Crippen LogP contribution >= 0.6 is 11.6 Å². The molecule has 1 fully saturated rings. The van der Waals surface area contributed by atoms with Gasteiger partial charge in [-0.2, -0.15) is 5.10 Å². The number of likely N-dealkylation sites (N-methyl/N-ethyl adjacent to an activating group) is 1. The maximum absolute atomic E-state index is 12.5. The molecule has 0 spiro atoms. The molecule has 0 unspecified atom stereocenters. The van der Waals surface area contributed by atoms with Gasteiger partial charge in [-0.25, -0.2) is 9.48 Å². The van der Waals surface area contributed by atoms with E-state index in [2.05, 4.69) is 10.1 Å². The van der Waals surface area contributed by atoms with Crippen LogP contribution in [0.4, 0.5) is 10.5 Å². The molecule has 3 heterocycles. The van der Waals surface area contributed by atoms with E-state index < -0.39 is 6.09 Å². The van der Waals surface area contributed by atoms with Crippen LogP contribution < -0.4 is 4.90 Å². The molecule has 2 amide bonds. The molecule has 2 aromatic heterocycles. The van der Waals surface area contributed by atoms with Crippen LogP contribution in [0, 0.1) is 0 Å². The van der Waals surface area contributed by atoms with Gasteiger partial charge in [0.1, 0.15) is 18.8 Å². The molecule has 0 atom stereocenters. The van der Waals surface area contributed by atoms with Gasteiger partial charge in [0.2, 0.25) is 5.91 Å². The quantitative estimate of drug-likeness (QED) is 0.821. The number of carbonyl (C=O) groups excluding carboxylic acids is 2. The van der Waals surface area contributed by atoms with Crippen molar-refractivity contribution in [2.24, 2.45) is 0 Å². The summed E-state index contributed by atoms with van der Waals surface area (Å²) in [5.41, 5.74) is 1.22. The van der Waals surface area contributed by atoms with Crippen LogP contribution in [-0.2, 0) is 9.53 Å². The van der Waals surface area contributed by atoms with E-state index in [1.807, 2.05) is 13.0 Å². The molecule has 2 aromatic rings. The van der Waals surface area contributed by atoms with Gasteiger partial charge < -0.3 is 9.64 Å². The Hall–Kier alpha value is -2.61. The topological polar surface area (TPSA) is 80.6 Å². The fourth-order valence-electron chi connectivity index (χ4n) is 2.45. The Morgan fingerprint density at radius 3 is 2.96 bits per heavy atom. The molecule has 0 aliphatic carbocycles. The molecule has 0 bridgehead atoms. The first-order valence-electron chi connectivity index (χ1n) is 7.47. The van der Waals surface area contributed by atoms with Crippen LogP contribution in [0.3, 0.4) is 0 Å². The monoisotopic (exact) mass is 349 g/mol. The number of pyridine rings is 1. The van der Waals surface area contributed by atoms with Gasteiger partial charge in [0.05, 0.1) is 24.6 Å². The summed E-state index contributed by atoms with van der Waals surface area (Å²) in [6.45, 7) is 2.89. The molecule has 1 saturated heterocycles. The highest BCUT2D eigenvalue weighted by molar-refractivity contribution is 6.32. The van der Waals surface area contributed by atoms with Gasteiger partial charge in [-0.1, -0.05) is 11.6 Å². The van der Waals surface area contributed by atoms with Gasteiger partial charge in [0.15, 0.2) is 5.15 Å². The van der Waals surface area contributed by atoms with Gasteiger partial charge in [-0.3, -0.25) is 14.7 Å². The standard InChI is InChI=1S/C15H16ClN5O3/c1-2-20(13(22)10-19-6-7-24-15(19)23)12-9-21(18-14(12)16)11-4-3-5-17-8-11/h3-5,8-9H,2,6-7,10H2,1H3. The molecule has 0 N–H and O–H groups in total. The lowest BCUT2D eigenvalue weighted by Gasteiger charge is -2.22. The number of halogens is 1. The predicted octanol–water partition coefficient (Wildman–Crippen LogP) is 1.73. The number of cyclic esters (lactones) is 1. The number of nitrogens with zero attached hydrogens (tertiary/aromatic N) is 5. The van der Waals surface area contributed by atoms with E-state index in [1.54, 1.807) is 29.3 Å². The van der Waals surface area contributed by atoms with Crippen molar-refractivity contribution in [3.8, 4) is 5.69 Å². The third kappa shape index (κ3) is 3.18. The lowest BCUT2D eigenvalue weighted by atomic mass is 10.3. The summed E-state index contributed by atoms with van der Waals surface area (Å²) in [6, 6.07) is 3.62. The highest BCUT2D eigenvalue weighted by Crippen LogP contribution is 2.26. The van der Waals surface area contributed by atoms with Crippen molar-refractivity contribution >= 4 is 29.3 Å². The van der Waals surface area contributed by atoms with Crippen molar-refractivity contribution in [3.05, 3.63) is 35.9 Å². The summed E-state index contributed by atoms with van der Waals surface area (Å²) in [7, 11) is 0. The lowest BCUT2D eigenvalue weighted by molar-refractivity contribution is -0.119. The number of amides is 2. The minimum absolute atomic E-state index is 0.0545. The van der Waals surface area contributed by atoms with Gasteiger partial charge in [0, 0.05) is 12.7 Å². The number of rotatable bonds is 5. The Kier molecular flexibility index (Phi) is 4.66. The van der Waals surface area contributed by atoms with Crippen LogP contribution in [-0.4, -0.2) is 57.9 Å². The Morgan fingerprint density at radius 2 is 2.33 bits per heavy atom. The second kappa shape index (κ2) is 6.88. The fourth-order valence-corrected chi connectivity index (χ4v) is 2.68. The summed E-state index contributed by atoms with van der Waals surface area (Å²) in [5.74, 6) is -0.246. The average Bonchev–Trinajstić information content (AvgIpc) is 3.16. The van der Waals surface area contributed by atoms with E-state index in [9.17, 15) is 9.59 Å². The Bertz CT molecular complexity index is 749. The first kappa shape index (κ1) is 16.3. The third-order valence-electron chi connectivity index (χ3n) is 3.64. The van der Waals surface area contributed by atoms with Crippen LogP contribution in [0.15, 0.2) is 30.7 Å². The molecule has 9 heteroatoms. The van der Waals surface area contributed by atoms with E-state index in [0.29, 0.717) is 25.4 Å². The first-order valence-corrected chi connectivity index (χ1v) is 7.85. The lowest BCUT2D eigenvalue weighted by Crippen LogP contribution is -2.40. The number of ether oxygens (including phenoxy) is 1. The largest absolute Gasteiger partial charge is 0.448 e. The molecule has 0 saturated carbocycles. The van der Waals surface area contributed by atoms with Gasteiger partial charge >= 0.3 is 6.09 Å². The molecule has 0 aromatic carbocycles. The van der Waals surface area contributed by atoms with E-state index in [1.165, 1.54) is 9.80 Å². The van der Waals surface area contributed by atoms with E-state index in [0.717, 1.165) is 5.69 Å². The number of anilines is 1. The highest BCUT2D eigenvalue weighted by atomic mass is 35.5. The third-order valence-corrected chi connectivity index (χ3v) is 3.91. The summed E-state index contributed by atoms with van der Waals surface area (Å²) in [4.78, 5) is 30.9. The second-order valence-electron chi connectivity index (χ2n) is 5.13. The van der Waals surface area contributed by atoms with E-state index in [-0.39, 0.29) is 17.6 Å². The zero-order chi connectivity index (χ0) is 17.1. The zero-order valence-electron chi connectivity index (χ0n) is 13.1. The van der Waals surface area contributed by atoms with Gasteiger partial charge in [-0.05, 0) is 19.1 Å². The Balaban J connectivity index is 1.81. The van der Waals surface area contributed by atoms with Crippen molar-refractivity contribution in [1.82, 2.24) is 19.7 Å².